The molecule has 1 radical (unpaired) electrons. The molecule has 0 bridgehead atoms. The fourth-order valence-electron chi connectivity index (χ4n) is 0. The summed E-state index contributed by atoms with van der Waals surface area (Å²) in [4.78, 5) is 17.1. The normalized spacial score (nSPS) is 5.00. The minimum atomic E-state index is -1.75. The maximum Gasteiger partial charge on any atom is 0.0689 e. The molecule has 0 fully saturated rings. The van der Waals surface area contributed by atoms with Gasteiger partial charge in [-0.2, -0.15) is 0 Å². The molecular formula is C2H7AgN3O5-2. The Labute approximate surface area is 77.8 Å². The zero-order valence-corrected chi connectivity index (χ0v) is 6.93. The topological polar surface area (TPSA) is 158 Å². The van der Waals surface area contributed by atoms with Crippen LogP contribution in [0, 0.1) is 15.3 Å². The molecule has 9 heteroatoms. The van der Waals surface area contributed by atoms with Gasteiger partial charge in [-0.05, 0) is 6.92 Å². The van der Waals surface area contributed by atoms with Crippen molar-refractivity contribution in [2.24, 2.45) is 11.7 Å². The van der Waals surface area contributed by atoms with E-state index in [0.717, 1.165) is 6.92 Å². The van der Waals surface area contributed by atoms with Crippen molar-refractivity contribution in [3.63, 3.8) is 0 Å². The van der Waals surface area contributed by atoms with Gasteiger partial charge in [-0.25, -0.2) is 0 Å². The molecule has 11 heavy (non-hydrogen) atoms. The van der Waals surface area contributed by atoms with Crippen LogP contribution in [0.4, 0.5) is 0 Å². The van der Waals surface area contributed by atoms with E-state index >= 15 is 0 Å². The molecule has 73 valence electrons. The van der Waals surface area contributed by atoms with Crippen molar-refractivity contribution in [3.05, 3.63) is 15.3 Å². The molecule has 0 rings (SSSR count). The van der Waals surface area contributed by atoms with Crippen molar-refractivity contribution in [2.75, 3.05) is 0 Å². The summed E-state index contributed by atoms with van der Waals surface area (Å²) in [5.41, 5.74) is 0. The third kappa shape index (κ3) is 1120. The predicted octanol–water partition coefficient (Wildman–Crippen LogP) is -2.67. The van der Waals surface area contributed by atoms with E-state index in [1.807, 2.05) is 0 Å². The molecule has 0 atom stereocenters. The minimum Gasteiger partial charge on any atom is -0.550 e. The summed E-state index contributed by atoms with van der Waals surface area (Å²) in [6.07, 6.45) is 0. The molecule has 4 N–H and O–H groups in total. The van der Waals surface area contributed by atoms with Crippen molar-refractivity contribution in [2.45, 2.75) is 6.92 Å². The molecule has 0 aliphatic carbocycles. The van der Waals surface area contributed by atoms with Gasteiger partial charge in [-0.3, -0.25) is 11.7 Å². The van der Waals surface area contributed by atoms with E-state index < -0.39 is 11.1 Å². The molecule has 0 unspecified atom stereocenters. The van der Waals surface area contributed by atoms with Gasteiger partial charge in [0.05, 0.1) is 5.09 Å². The Kier molecular flexibility index (Phi) is 46.5. The fraction of sp³-hybridized carbons (Fsp3) is 0.500. The van der Waals surface area contributed by atoms with E-state index in [-0.39, 0.29) is 22.4 Å². The van der Waals surface area contributed by atoms with Crippen molar-refractivity contribution in [1.82, 2.24) is 0 Å². The summed E-state index contributed by atoms with van der Waals surface area (Å²) in [7, 11) is 0. The molecule has 0 amide bonds. The van der Waals surface area contributed by atoms with Crippen molar-refractivity contribution >= 4 is 5.97 Å². The molecule has 0 saturated carbocycles. The molecule has 0 aromatic rings. The zero-order valence-electron chi connectivity index (χ0n) is 5.44. The van der Waals surface area contributed by atoms with Crippen LogP contribution in [-0.2, 0) is 27.2 Å². The maximum atomic E-state index is 8.89. The molecule has 0 aliphatic rings. The first-order chi connectivity index (χ1) is 4.46. The molecule has 0 aromatic heterocycles. The monoisotopic (exact) mass is 260 g/mol. The predicted molar refractivity (Wildman–Crippen MR) is 29.4 cm³/mol. The van der Waals surface area contributed by atoms with Crippen LogP contribution < -0.4 is 16.8 Å². The number of nitrogens with zero attached hydrogens (tertiary/aromatic N) is 1. The SMILES string of the molecule is CC(=O)[O-].NN.O=[N+]([O-])[O-].[Ag]. The number of carbonyl (C=O) groups excluding carboxylic acids is 1. The quantitative estimate of drug-likeness (QED) is 0.208. The second kappa shape index (κ2) is 22.8. The van der Waals surface area contributed by atoms with E-state index in [0.29, 0.717) is 0 Å². The third-order valence-corrected chi connectivity index (χ3v) is 0. The van der Waals surface area contributed by atoms with Crippen molar-refractivity contribution < 1.29 is 37.4 Å². The Balaban J connectivity index is -0.0000000339. The molecule has 0 saturated heterocycles. The van der Waals surface area contributed by atoms with Crippen molar-refractivity contribution in [1.29, 1.82) is 0 Å². The van der Waals surface area contributed by atoms with Gasteiger partial charge in [-0.1, -0.05) is 0 Å². The van der Waals surface area contributed by atoms with Crippen LogP contribution in [0.15, 0.2) is 0 Å². The Morgan fingerprint density at radius 2 is 1.36 bits per heavy atom. The first-order valence-electron chi connectivity index (χ1n) is 1.79. The van der Waals surface area contributed by atoms with Gasteiger partial charge in [0.15, 0.2) is 0 Å². The second-order valence-corrected chi connectivity index (χ2v) is 0.715. The Morgan fingerprint density at radius 1 is 1.36 bits per heavy atom. The number of hydrazine groups is 1. The van der Waals surface area contributed by atoms with Crippen LogP contribution in [0.5, 0.6) is 0 Å². The number of nitrogens with two attached hydrogens (primary N) is 2. The van der Waals surface area contributed by atoms with Crippen LogP contribution >= 0.6 is 0 Å². The van der Waals surface area contributed by atoms with Crippen LogP contribution in [-0.4, -0.2) is 11.1 Å². The average Bonchev–Trinajstić information content (AvgIpc) is 1.66. The molecule has 8 nitrogen and oxygen atoms in total. The Morgan fingerprint density at radius 3 is 1.36 bits per heavy atom. The van der Waals surface area contributed by atoms with Gasteiger partial charge in [0.2, 0.25) is 0 Å². The summed E-state index contributed by atoms with van der Waals surface area (Å²) >= 11 is 0. The number of carboxylic acid groups (broad SMARTS) is 1. The Bertz CT molecular complexity index is 77.7. The number of rotatable bonds is 0. The summed E-state index contributed by atoms with van der Waals surface area (Å²) in [6, 6.07) is 0. The van der Waals surface area contributed by atoms with Crippen LogP contribution in [0.3, 0.4) is 0 Å². The molecule has 0 spiro atoms. The zero-order chi connectivity index (χ0) is 9.15. The minimum absolute atomic E-state index is 0. The van der Waals surface area contributed by atoms with Crippen LogP contribution in [0.2, 0.25) is 0 Å². The van der Waals surface area contributed by atoms with Crippen LogP contribution in [0.1, 0.15) is 6.92 Å². The van der Waals surface area contributed by atoms with Gasteiger partial charge in [0.1, 0.15) is 0 Å². The molecule has 0 aliphatic heterocycles. The maximum absolute atomic E-state index is 8.89. The number of hydrogen-bond acceptors (Lipinski definition) is 7. The molecular weight excluding hydrogens is 254 g/mol. The fourth-order valence-corrected chi connectivity index (χ4v) is 0. The number of carbonyl (C=O) groups is 1. The Hall–Kier alpha value is -0.670. The van der Waals surface area contributed by atoms with Gasteiger partial charge in [-0.15, -0.1) is 0 Å². The molecule has 0 aromatic carbocycles. The summed E-state index contributed by atoms with van der Waals surface area (Å²) in [5.74, 6) is 6.92. The van der Waals surface area contributed by atoms with Gasteiger partial charge < -0.3 is 25.2 Å². The summed E-state index contributed by atoms with van der Waals surface area (Å²) in [6.45, 7) is 0.972. The third-order valence-electron chi connectivity index (χ3n) is 0. The smallest absolute Gasteiger partial charge is 0.0689 e. The van der Waals surface area contributed by atoms with Gasteiger partial charge in [0.25, 0.3) is 0 Å². The van der Waals surface area contributed by atoms with E-state index in [1.54, 1.807) is 0 Å². The molecule has 0 heterocycles. The average molecular weight is 261 g/mol. The van der Waals surface area contributed by atoms with Crippen molar-refractivity contribution in [3.8, 4) is 0 Å². The standard InChI is InChI=1S/C2H4O2.Ag.H4N2.NO3/c1-2(3)4;;1-2;2-1(3)4/h1H3,(H,3,4);;1-2H2;/q;;;-1/p-1. The number of carboxylic acids is 1. The van der Waals surface area contributed by atoms with Crippen LogP contribution in [0.25, 0.3) is 0 Å². The van der Waals surface area contributed by atoms with Gasteiger partial charge >= 0.3 is 0 Å². The van der Waals surface area contributed by atoms with E-state index in [1.165, 1.54) is 0 Å². The number of aliphatic carboxylic acids is 1. The first-order valence-corrected chi connectivity index (χ1v) is 1.79. The first kappa shape index (κ1) is 22.4. The summed E-state index contributed by atoms with van der Waals surface area (Å²) in [5, 5.41) is 23.6. The van der Waals surface area contributed by atoms with E-state index in [2.05, 4.69) is 11.7 Å². The van der Waals surface area contributed by atoms with E-state index in [4.69, 9.17) is 25.2 Å². The second-order valence-electron chi connectivity index (χ2n) is 0.715. The summed E-state index contributed by atoms with van der Waals surface area (Å²) < 4.78 is 0. The number of hydrogen-bond donors (Lipinski definition) is 2. The largest absolute Gasteiger partial charge is 0.550 e. The van der Waals surface area contributed by atoms with Gasteiger partial charge in [0, 0.05) is 28.3 Å². The van der Waals surface area contributed by atoms with E-state index in [9.17, 15) is 0 Å².